The van der Waals surface area contributed by atoms with Gasteiger partial charge in [-0.1, -0.05) is 6.07 Å². The number of carbonyl (C=O) groups excluding carboxylic acids is 1. The number of nitriles is 1. The molecule has 1 aromatic carbocycles. The van der Waals surface area contributed by atoms with Crippen LogP contribution in [0.5, 0.6) is 0 Å². The first-order valence-electron chi connectivity index (χ1n) is 3.63. The molecule has 3 nitrogen and oxygen atoms in total. The maximum absolute atomic E-state index is 13.1. The van der Waals surface area contributed by atoms with Crippen LogP contribution in [0.1, 0.15) is 22.0 Å². The third kappa shape index (κ3) is 0.975. The largest absolute Gasteiger partial charge is 0.438 e. The second-order valence-corrected chi connectivity index (χ2v) is 2.62. The van der Waals surface area contributed by atoms with Gasteiger partial charge in [-0.15, -0.1) is 0 Å². The standard InChI is InChI=1S/C9H4FNO2/c10-6-3-1-2-5-8(6)7(4-11)13-9(5)12/h1-3,7H. The topological polar surface area (TPSA) is 50.1 Å². The van der Waals surface area contributed by atoms with Crippen LogP contribution in [-0.2, 0) is 4.74 Å². The Kier molecular flexibility index (Phi) is 1.52. The molecule has 1 aliphatic heterocycles. The molecule has 13 heavy (non-hydrogen) atoms. The molecule has 0 radical (unpaired) electrons. The summed E-state index contributed by atoms with van der Waals surface area (Å²) in [5, 5.41) is 8.56. The Morgan fingerprint density at radius 1 is 1.54 bits per heavy atom. The zero-order valence-corrected chi connectivity index (χ0v) is 6.45. The summed E-state index contributed by atoms with van der Waals surface area (Å²) < 4.78 is 17.7. The SMILES string of the molecule is N#CC1OC(=O)c2cccc(F)c21. The number of esters is 1. The number of fused-ring (bicyclic) bond motifs is 1. The average molecular weight is 177 g/mol. The van der Waals surface area contributed by atoms with E-state index in [1.165, 1.54) is 18.2 Å². The Hall–Kier alpha value is -1.89. The maximum atomic E-state index is 13.1. The molecule has 1 atom stereocenters. The van der Waals surface area contributed by atoms with Crippen LogP contribution < -0.4 is 0 Å². The van der Waals surface area contributed by atoms with Gasteiger partial charge < -0.3 is 4.74 Å². The zero-order chi connectivity index (χ0) is 9.42. The second-order valence-electron chi connectivity index (χ2n) is 2.62. The third-order valence-corrected chi connectivity index (χ3v) is 1.88. The molecule has 0 spiro atoms. The van der Waals surface area contributed by atoms with E-state index < -0.39 is 17.9 Å². The van der Waals surface area contributed by atoms with Crippen LogP contribution in [0.25, 0.3) is 0 Å². The highest BCUT2D eigenvalue weighted by Crippen LogP contribution is 2.31. The normalized spacial score (nSPS) is 19.1. The fourth-order valence-corrected chi connectivity index (χ4v) is 1.30. The van der Waals surface area contributed by atoms with Crippen LogP contribution in [0.2, 0.25) is 0 Å². The molecular weight excluding hydrogens is 173 g/mol. The lowest BCUT2D eigenvalue weighted by Crippen LogP contribution is -1.95. The predicted octanol–water partition coefficient (Wildman–Crippen LogP) is 1.56. The molecule has 1 aliphatic rings. The van der Waals surface area contributed by atoms with Crippen LogP contribution in [0.4, 0.5) is 4.39 Å². The lowest BCUT2D eigenvalue weighted by atomic mass is 10.1. The van der Waals surface area contributed by atoms with E-state index in [9.17, 15) is 9.18 Å². The van der Waals surface area contributed by atoms with Crippen molar-refractivity contribution < 1.29 is 13.9 Å². The second kappa shape index (κ2) is 2.56. The quantitative estimate of drug-likeness (QED) is 0.565. The van der Waals surface area contributed by atoms with Gasteiger partial charge in [-0.25, -0.2) is 9.18 Å². The number of rotatable bonds is 0. The Balaban J connectivity index is 2.67. The summed E-state index contributed by atoms with van der Waals surface area (Å²) in [7, 11) is 0. The van der Waals surface area contributed by atoms with E-state index in [0.29, 0.717) is 0 Å². The minimum Gasteiger partial charge on any atom is -0.438 e. The Morgan fingerprint density at radius 2 is 2.31 bits per heavy atom. The molecule has 0 fully saturated rings. The van der Waals surface area contributed by atoms with Crippen molar-refractivity contribution in [1.82, 2.24) is 0 Å². The third-order valence-electron chi connectivity index (χ3n) is 1.88. The molecule has 0 saturated carbocycles. The summed E-state index contributed by atoms with van der Waals surface area (Å²) in [4.78, 5) is 11.0. The summed E-state index contributed by atoms with van der Waals surface area (Å²) in [5.74, 6) is -1.21. The van der Waals surface area contributed by atoms with Gasteiger partial charge in [0.15, 0.2) is 0 Å². The summed E-state index contributed by atoms with van der Waals surface area (Å²) in [5.41, 5.74) is 0.196. The van der Waals surface area contributed by atoms with Gasteiger partial charge >= 0.3 is 5.97 Å². The first-order chi connectivity index (χ1) is 6.24. The Bertz CT molecular complexity index is 422. The highest BCUT2D eigenvalue weighted by Gasteiger charge is 2.33. The van der Waals surface area contributed by atoms with Crippen molar-refractivity contribution in [1.29, 1.82) is 5.26 Å². The highest BCUT2D eigenvalue weighted by atomic mass is 19.1. The van der Waals surface area contributed by atoms with Crippen molar-refractivity contribution in [2.75, 3.05) is 0 Å². The summed E-state index contributed by atoms with van der Waals surface area (Å²) in [6, 6.07) is 5.76. The van der Waals surface area contributed by atoms with Gasteiger partial charge in [0.1, 0.15) is 11.9 Å². The van der Waals surface area contributed by atoms with Gasteiger partial charge in [0.25, 0.3) is 0 Å². The highest BCUT2D eigenvalue weighted by molar-refractivity contribution is 5.94. The Morgan fingerprint density at radius 3 is 3.00 bits per heavy atom. The summed E-state index contributed by atoms with van der Waals surface area (Å²) in [6.45, 7) is 0. The van der Waals surface area contributed by atoms with Crippen LogP contribution in [0.3, 0.4) is 0 Å². The van der Waals surface area contributed by atoms with E-state index in [0.717, 1.165) is 0 Å². The number of nitrogens with zero attached hydrogens (tertiary/aromatic N) is 1. The monoisotopic (exact) mass is 177 g/mol. The molecule has 0 N–H and O–H groups in total. The molecule has 64 valence electrons. The smallest absolute Gasteiger partial charge is 0.340 e. The van der Waals surface area contributed by atoms with Crippen molar-refractivity contribution >= 4 is 5.97 Å². The molecule has 2 rings (SSSR count). The molecule has 0 aromatic heterocycles. The first-order valence-corrected chi connectivity index (χ1v) is 3.63. The minimum absolute atomic E-state index is 0.0509. The van der Waals surface area contributed by atoms with E-state index in [1.807, 2.05) is 0 Å². The van der Waals surface area contributed by atoms with Crippen molar-refractivity contribution in [3.05, 3.63) is 35.1 Å². The lowest BCUT2D eigenvalue weighted by molar-refractivity contribution is 0.0476. The van der Waals surface area contributed by atoms with Gasteiger partial charge in [0, 0.05) is 0 Å². The van der Waals surface area contributed by atoms with Crippen LogP contribution >= 0.6 is 0 Å². The summed E-state index contributed by atoms with van der Waals surface area (Å²) >= 11 is 0. The van der Waals surface area contributed by atoms with Gasteiger partial charge in [-0.2, -0.15) is 5.26 Å². The van der Waals surface area contributed by atoms with E-state index in [2.05, 4.69) is 4.74 Å². The fourth-order valence-electron chi connectivity index (χ4n) is 1.30. The number of hydrogen-bond donors (Lipinski definition) is 0. The molecular formula is C9H4FNO2. The number of ether oxygens (including phenoxy) is 1. The number of cyclic esters (lactones) is 1. The lowest BCUT2D eigenvalue weighted by Gasteiger charge is -1.99. The van der Waals surface area contributed by atoms with E-state index in [4.69, 9.17) is 5.26 Å². The van der Waals surface area contributed by atoms with Crippen molar-refractivity contribution in [2.24, 2.45) is 0 Å². The van der Waals surface area contributed by atoms with E-state index >= 15 is 0 Å². The van der Waals surface area contributed by atoms with Crippen molar-refractivity contribution in [3.63, 3.8) is 0 Å². The van der Waals surface area contributed by atoms with Crippen molar-refractivity contribution in [3.8, 4) is 6.07 Å². The van der Waals surface area contributed by atoms with Crippen LogP contribution in [0, 0.1) is 17.1 Å². The number of hydrogen-bond acceptors (Lipinski definition) is 3. The molecule has 1 aromatic rings. The van der Waals surface area contributed by atoms with E-state index in [-0.39, 0.29) is 11.1 Å². The molecule has 1 heterocycles. The van der Waals surface area contributed by atoms with Crippen LogP contribution in [0.15, 0.2) is 18.2 Å². The van der Waals surface area contributed by atoms with E-state index in [1.54, 1.807) is 6.07 Å². The molecule has 1 unspecified atom stereocenters. The number of benzene rings is 1. The molecule has 0 aliphatic carbocycles. The van der Waals surface area contributed by atoms with Crippen LogP contribution in [-0.4, -0.2) is 5.97 Å². The average Bonchev–Trinajstić information content (AvgIpc) is 2.45. The van der Waals surface area contributed by atoms with Gasteiger partial charge in [0.2, 0.25) is 6.10 Å². The van der Waals surface area contributed by atoms with Gasteiger partial charge in [0.05, 0.1) is 11.1 Å². The number of carbonyl (C=O) groups is 1. The molecule has 0 saturated heterocycles. The summed E-state index contributed by atoms with van der Waals surface area (Å²) in [6.07, 6.45) is -1.09. The van der Waals surface area contributed by atoms with Crippen molar-refractivity contribution in [2.45, 2.75) is 6.10 Å². The molecule has 4 heteroatoms. The van der Waals surface area contributed by atoms with Gasteiger partial charge in [-0.3, -0.25) is 0 Å². The zero-order valence-electron chi connectivity index (χ0n) is 6.45. The predicted molar refractivity (Wildman–Crippen MR) is 40.2 cm³/mol. The number of halogens is 1. The fraction of sp³-hybridized carbons (Fsp3) is 0.111. The molecule has 0 amide bonds. The minimum atomic E-state index is -1.09. The maximum Gasteiger partial charge on any atom is 0.340 e. The Labute approximate surface area is 73.4 Å². The molecule has 0 bridgehead atoms. The van der Waals surface area contributed by atoms with Gasteiger partial charge in [-0.05, 0) is 12.1 Å². The first kappa shape index (κ1) is 7.74.